The van der Waals surface area contributed by atoms with Crippen LogP contribution >= 0.6 is 0 Å². The minimum atomic E-state index is -0.636. The fraction of sp³-hybridized carbons (Fsp3) is 0.400. The maximum absolute atomic E-state index is 9.56. The highest BCUT2D eigenvalue weighted by molar-refractivity contribution is 5.50. The lowest BCUT2D eigenvalue weighted by atomic mass is 10.1. The van der Waals surface area contributed by atoms with Crippen molar-refractivity contribution < 1.29 is 14.6 Å². The fourth-order valence-corrected chi connectivity index (χ4v) is 1.54. The fourth-order valence-electron chi connectivity index (χ4n) is 1.54. The molecule has 0 bridgehead atoms. The van der Waals surface area contributed by atoms with Crippen LogP contribution in [0.2, 0.25) is 0 Å². The Morgan fingerprint density at radius 3 is 3.00 bits per heavy atom. The van der Waals surface area contributed by atoms with E-state index in [1.54, 1.807) is 6.07 Å². The van der Waals surface area contributed by atoms with Crippen molar-refractivity contribution in [1.29, 1.82) is 0 Å². The molecule has 4 heteroatoms. The first-order chi connectivity index (χ1) is 6.72. The van der Waals surface area contributed by atoms with E-state index in [0.29, 0.717) is 5.75 Å². The Balaban J connectivity index is 2.41. The summed E-state index contributed by atoms with van der Waals surface area (Å²) < 4.78 is 10.5. The van der Waals surface area contributed by atoms with Gasteiger partial charge in [0.1, 0.15) is 0 Å². The normalized spacial score (nSPS) is 15.6. The Morgan fingerprint density at radius 1 is 1.50 bits per heavy atom. The highest BCUT2D eigenvalue weighted by Gasteiger charge is 2.18. The lowest BCUT2D eigenvalue weighted by Gasteiger charge is -2.10. The average Bonchev–Trinajstić information content (AvgIpc) is 2.64. The van der Waals surface area contributed by atoms with Gasteiger partial charge in [-0.15, -0.1) is 0 Å². The second kappa shape index (κ2) is 3.48. The molecule has 0 aliphatic carbocycles. The van der Waals surface area contributed by atoms with Gasteiger partial charge in [-0.1, -0.05) is 0 Å². The van der Waals surface area contributed by atoms with Crippen LogP contribution in [-0.4, -0.2) is 18.4 Å². The molecule has 0 saturated heterocycles. The summed E-state index contributed by atoms with van der Waals surface area (Å²) in [7, 11) is 0. The molecule has 0 saturated carbocycles. The second-order valence-electron chi connectivity index (χ2n) is 3.32. The third-order valence-corrected chi connectivity index (χ3v) is 2.29. The van der Waals surface area contributed by atoms with Crippen LogP contribution in [0, 0.1) is 6.92 Å². The van der Waals surface area contributed by atoms with E-state index >= 15 is 0 Å². The van der Waals surface area contributed by atoms with Crippen LogP contribution in [0.15, 0.2) is 12.1 Å². The third kappa shape index (κ3) is 1.42. The van der Waals surface area contributed by atoms with Crippen molar-refractivity contribution in [2.24, 2.45) is 5.73 Å². The molecular formula is C10H13NO3. The van der Waals surface area contributed by atoms with Crippen molar-refractivity contribution in [3.05, 3.63) is 23.3 Å². The molecule has 0 radical (unpaired) electrons. The third-order valence-electron chi connectivity index (χ3n) is 2.29. The largest absolute Gasteiger partial charge is 0.454 e. The molecule has 1 aliphatic rings. The summed E-state index contributed by atoms with van der Waals surface area (Å²) in [5, 5.41) is 9.56. The maximum atomic E-state index is 9.56. The predicted octanol–water partition coefficient (Wildman–Crippen LogP) is 0.716. The minimum absolute atomic E-state index is 0.207. The average molecular weight is 195 g/mol. The van der Waals surface area contributed by atoms with Gasteiger partial charge < -0.3 is 20.3 Å². The quantitative estimate of drug-likeness (QED) is 0.729. The molecular weight excluding hydrogens is 182 g/mol. The molecule has 2 rings (SSSR count). The number of aryl methyl sites for hydroxylation is 1. The number of aliphatic hydroxyl groups excluding tert-OH is 1. The zero-order valence-corrected chi connectivity index (χ0v) is 7.99. The Bertz CT molecular complexity index is 351. The first-order valence-corrected chi connectivity index (χ1v) is 4.50. The molecule has 0 amide bonds. The summed E-state index contributed by atoms with van der Waals surface area (Å²) in [5.41, 5.74) is 7.11. The van der Waals surface area contributed by atoms with Crippen molar-refractivity contribution in [3.8, 4) is 11.5 Å². The summed E-state index contributed by atoms with van der Waals surface area (Å²) >= 11 is 0. The lowest BCUT2D eigenvalue weighted by molar-refractivity contribution is 0.172. The molecule has 4 nitrogen and oxygen atoms in total. The van der Waals surface area contributed by atoms with Gasteiger partial charge in [0, 0.05) is 6.54 Å². The zero-order valence-electron chi connectivity index (χ0n) is 7.99. The Hall–Kier alpha value is -1.26. The second-order valence-corrected chi connectivity index (χ2v) is 3.32. The van der Waals surface area contributed by atoms with Crippen molar-refractivity contribution in [2.75, 3.05) is 13.3 Å². The van der Waals surface area contributed by atoms with Gasteiger partial charge in [-0.3, -0.25) is 0 Å². The molecule has 1 aromatic rings. The van der Waals surface area contributed by atoms with Crippen molar-refractivity contribution in [1.82, 2.24) is 0 Å². The van der Waals surface area contributed by atoms with Gasteiger partial charge in [0.05, 0.1) is 6.10 Å². The van der Waals surface area contributed by atoms with Crippen molar-refractivity contribution >= 4 is 0 Å². The molecule has 0 fully saturated rings. The van der Waals surface area contributed by atoms with Gasteiger partial charge in [-0.2, -0.15) is 0 Å². The molecule has 1 heterocycles. The van der Waals surface area contributed by atoms with Crippen LogP contribution in [0.4, 0.5) is 0 Å². The molecule has 76 valence electrons. The summed E-state index contributed by atoms with van der Waals surface area (Å²) in [6, 6.07) is 3.64. The molecule has 1 unspecified atom stereocenters. The van der Waals surface area contributed by atoms with Gasteiger partial charge in [-0.05, 0) is 30.2 Å². The summed E-state index contributed by atoms with van der Waals surface area (Å²) in [5.74, 6) is 1.45. The molecule has 3 N–H and O–H groups in total. The van der Waals surface area contributed by atoms with E-state index in [-0.39, 0.29) is 13.3 Å². The van der Waals surface area contributed by atoms with Crippen LogP contribution in [0.1, 0.15) is 17.2 Å². The number of benzene rings is 1. The lowest BCUT2D eigenvalue weighted by Crippen LogP contribution is -2.11. The predicted molar refractivity (Wildman–Crippen MR) is 51.3 cm³/mol. The number of ether oxygens (including phenoxy) is 2. The number of aliphatic hydroxyl groups is 1. The summed E-state index contributed by atoms with van der Waals surface area (Å²) in [6.07, 6.45) is -0.636. The van der Waals surface area contributed by atoms with E-state index in [2.05, 4.69) is 0 Å². The van der Waals surface area contributed by atoms with Gasteiger partial charge in [0.2, 0.25) is 6.79 Å². The number of hydrogen-bond acceptors (Lipinski definition) is 4. The summed E-state index contributed by atoms with van der Waals surface area (Å²) in [6.45, 7) is 2.37. The Kier molecular flexibility index (Phi) is 2.31. The number of nitrogens with two attached hydrogens (primary N) is 1. The van der Waals surface area contributed by atoms with Crippen LogP contribution in [0.3, 0.4) is 0 Å². The first-order valence-electron chi connectivity index (χ1n) is 4.50. The molecule has 14 heavy (non-hydrogen) atoms. The summed E-state index contributed by atoms with van der Waals surface area (Å²) in [4.78, 5) is 0. The van der Waals surface area contributed by atoms with Crippen LogP contribution in [-0.2, 0) is 0 Å². The van der Waals surface area contributed by atoms with E-state index in [4.69, 9.17) is 15.2 Å². The monoisotopic (exact) mass is 195 g/mol. The van der Waals surface area contributed by atoms with Crippen LogP contribution < -0.4 is 15.2 Å². The molecule has 0 aromatic heterocycles. The Morgan fingerprint density at radius 2 is 2.29 bits per heavy atom. The Labute approximate surface area is 82.2 Å². The van der Waals surface area contributed by atoms with E-state index in [0.717, 1.165) is 16.9 Å². The van der Waals surface area contributed by atoms with E-state index in [1.807, 2.05) is 13.0 Å². The topological polar surface area (TPSA) is 64.7 Å². The number of rotatable bonds is 2. The highest BCUT2D eigenvalue weighted by atomic mass is 16.7. The van der Waals surface area contributed by atoms with Gasteiger partial charge in [0.25, 0.3) is 0 Å². The smallest absolute Gasteiger partial charge is 0.231 e. The number of fused-ring (bicyclic) bond motifs is 1. The SMILES string of the molecule is Cc1cc(C(O)CN)cc2c1OCO2. The zero-order chi connectivity index (χ0) is 10.1. The van der Waals surface area contributed by atoms with Gasteiger partial charge >= 0.3 is 0 Å². The number of hydrogen-bond donors (Lipinski definition) is 2. The van der Waals surface area contributed by atoms with E-state index in [1.165, 1.54) is 0 Å². The van der Waals surface area contributed by atoms with Crippen LogP contribution in [0.5, 0.6) is 11.5 Å². The van der Waals surface area contributed by atoms with Crippen LogP contribution in [0.25, 0.3) is 0 Å². The molecule has 0 spiro atoms. The molecule has 1 atom stereocenters. The van der Waals surface area contributed by atoms with E-state index < -0.39 is 6.10 Å². The van der Waals surface area contributed by atoms with Crippen molar-refractivity contribution in [2.45, 2.75) is 13.0 Å². The minimum Gasteiger partial charge on any atom is -0.454 e. The first kappa shape index (κ1) is 9.30. The molecule has 1 aliphatic heterocycles. The highest BCUT2D eigenvalue weighted by Crippen LogP contribution is 2.37. The maximum Gasteiger partial charge on any atom is 0.231 e. The standard InChI is InChI=1S/C10H13NO3/c1-6-2-7(8(12)4-11)3-9-10(6)14-5-13-9/h2-3,8,12H,4-5,11H2,1H3. The molecule has 1 aromatic carbocycles. The van der Waals surface area contributed by atoms with Gasteiger partial charge in [0.15, 0.2) is 11.5 Å². The van der Waals surface area contributed by atoms with E-state index in [9.17, 15) is 5.11 Å². The van der Waals surface area contributed by atoms with Gasteiger partial charge in [-0.25, -0.2) is 0 Å². The van der Waals surface area contributed by atoms with Crippen molar-refractivity contribution in [3.63, 3.8) is 0 Å².